The van der Waals surface area contributed by atoms with Gasteiger partial charge in [-0.3, -0.25) is 9.59 Å². The van der Waals surface area contributed by atoms with Crippen molar-refractivity contribution in [3.8, 4) is 0 Å². The van der Waals surface area contributed by atoms with Gasteiger partial charge in [-0.1, -0.05) is 12.1 Å². The van der Waals surface area contributed by atoms with E-state index in [2.05, 4.69) is 5.32 Å². The van der Waals surface area contributed by atoms with Crippen molar-refractivity contribution in [3.63, 3.8) is 0 Å². The van der Waals surface area contributed by atoms with E-state index < -0.39 is 11.4 Å². The zero-order chi connectivity index (χ0) is 14.6. The first-order chi connectivity index (χ1) is 9.58. The van der Waals surface area contributed by atoms with E-state index >= 15 is 0 Å². The molecule has 0 aromatic heterocycles. The van der Waals surface area contributed by atoms with Crippen LogP contribution >= 0.6 is 0 Å². The van der Waals surface area contributed by atoms with Crippen LogP contribution in [0.1, 0.15) is 18.9 Å². The molecule has 0 amide bonds. The second-order valence-corrected chi connectivity index (χ2v) is 4.96. The van der Waals surface area contributed by atoms with Gasteiger partial charge in [-0.05, 0) is 44.0 Å². The summed E-state index contributed by atoms with van der Waals surface area (Å²) in [5.74, 6) is -0.974. The molecule has 0 bridgehead atoms. The van der Waals surface area contributed by atoms with Gasteiger partial charge in [0.2, 0.25) is 0 Å². The van der Waals surface area contributed by atoms with Gasteiger partial charge in [0, 0.05) is 0 Å². The number of hydrogen-bond acceptors (Lipinski definition) is 4. The summed E-state index contributed by atoms with van der Waals surface area (Å²) in [4.78, 5) is 24.5. The first-order valence-electron chi connectivity index (χ1n) is 6.74. The van der Waals surface area contributed by atoms with Gasteiger partial charge in [0.15, 0.2) is 5.78 Å². The minimum Gasteiger partial charge on any atom is -0.465 e. The fraction of sp³-hybridized carbons (Fsp3) is 0.467. The van der Waals surface area contributed by atoms with Crippen molar-refractivity contribution < 1.29 is 18.7 Å². The molecule has 1 unspecified atom stereocenters. The largest absolute Gasteiger partial charge is 0.465 e. The van der Waals surface area contributed by atoms with Crippen molar-refractivity contribution in [2.75, 3.05) is 19.7 Å². The van der Waals surface area contributed by atoms with Crippen LogP contribution in [0.15, 0.2) is 24.3 Å². The molecule has 1 aliphatic heterocycles. The minimum absolute atomic E-state index is 0.161. The lowest BCUT2D eigenvalue weighted by Crippen LogP contribution is -2.52. The Morgan fingerprint density at radius 3 is 2.70 bits per heavy atom. The fourth-order valence-electron chi connectivity index (χ4n) is 2.51. The van der Waals surface area contributed by atoms with Crippen molar-refractivity contribution in [2.24, 2.45) is 5.41 Å². The number of carbonyl (C=O) groups excluding carboxylic acids is 2. The standard InChI is InChI=1S/C15H18FNO3/c1-2-20-14(19)15(7-8-17-10-13(15)18)9-11-3-5-12(16)6-4-11/h3-6,17H,2,7-10H2,1H3. The Morgan fingerprint density at radius 1 is 1.40 bits per heavy atom. The predicted molar refractivity (Wildman–Crippen MR) is 71.7 cm³/mol. The van der Waals surface area contributed by atoms with Crippen molar-refractivity contribution in [1.82, 2.24) is 5.32 Å². The second-order valence-electron chi connectivity index (χ2n) is 4.96. The van der Waals surface area contributed by atoms with Crippen molar-refractivity contribution in [2.45, 2.75) is 19.8 Å². The maximum absolute atomic E-state index is 12.9. The number of hydrogen-bond donors (Lipinski definition) is 1. The Kier molecular flexibility index (Phi) is 4.49. The normalized spacial score (nSPS) is 22.6. The van der Waals surface area contributed by atoms with Gasteiger partial charge < -0.3 is 10.1 Å². The molecule has 1 fully saturated rings. The smallest absolute Gasteiger partial charge is 0.320 e. The van der Waals surface area contributed by atoms with E-state index in [9.17, 15) is 14.0 Å². The topological polar surface area (TPSA) is 55.4 Å². The molecule has 20 heavy (non-hydrogen) atoms. The lowest BCUT2D eigenvalue weighted by atomic mass is 9.73. The molecule has 2 rings (SSSR count). The fourth-order valence-corrected chi connectivity index (χ4v) is 2.51. The average Bonchev–Trinajstić information content (AvgIpc) is 2.44. The quantitative estimate of drug-likeness (QED) is 0.670. The summed E-state index contributed by atoms with van der Waals surface area (Å²) < 4.78 is 18.0. The van der Waals surface area contributed by atoms with Gasteiger partial charge in [0.05, 0.1) is 13.2 Å². The predicted octanol–water partition coefficient (Wildman–Crippen LogP) is 1.48. The van der Waals surface area contributed by atoms with Crippen LogP contribution in [0.4, 0.5) is 4.39 Å². The number of ketones is 1. The number of nitrogens with one attached hydrogen (secondary N) is 1. The molecular weight excluding hydrogens is 261 g/mol. The lowest BCUT2D eigenvalue weighted by Gasteiger charge is -2.33. The molecule has 0 radical (unpaired) electrons. The van der Waals surface area contributed by atoms with E-state index in [1.807, 2.05) is 0 Å². The average molecular weight is 279 g/mol. The summed E-state index contributed by atoms with van der Waals surface area (Å²) in [6.45, 7) is 2.71. The third kappa shape index (κ3) is 2.88. The summed E-state index contributed by atoms with van der Waals surface area (Å²) in [5.41, 5.74) is -0.381. The van der Waals surface area contributed by atoms with E-state index in [0.717, 1.165) is 5.56 Å². The Bertz CT molecular complexity index is 500. The highest BCUT2D eigenvalue weighted by molar-refractivity contribution is 6.05. The number of ether oxygens (including phenoxy) is 1. The number of Topliss-reactive ketones (excluding diaryl/α,β-unsaturated/α-hetero) is 1. The highest BCUT2D eigenvalue weighted by atomic mass is 19.1. The number of rotatable bonds is 4. The van der Waals surface area contributed by atoms with Crippen LogP contribution < -0.4 is 5.32 Å². The Hall–Kier alpha value is -1.75. The van der Waals surface area contributed by atoms with Crippen LogP contribution in [-0.2, 0) is 20.7 Å². The van der Waals surface area contributed by atoms with E-state index in [-0.39, 0.29) is 31.2 Å². The van der Waals surface area contributed by atoms with Crippen molar-refractivity contribution in [1.29, 1.82) is 0 Å². The highest BCUT2D eigenvalue weighted by Crippen LogP contribution is 2.32. The SMILES string of the molecule is CCOC(=O)C1(Cc2ccc(F)cc2)CCNCC1=O. The van der Waals surface area contributed by atoms with E-state index in [1.165, 1.54) is 12.1 Å². The molecular formula is C15H18FNO3. The Labute approximate surface area is 117 Å². The highest BCUT2D eigenvalue weighted by Gasteiger charge is 2.47. The van der Waals surface area contributed by atoms with Gasteiger partial charge in [0.25, 0.3) is 0 Å². The molecule has 1 atom stereocenters. The van der Waals surface area contributed by atoms with Gasteiger partial charge in [-0.15, -0.1) is 0 Å². The molecule has 4 nitrogen and oxygen atoms in total. The zero-order valence-corrected chi connectivity index (χ0v) is 11.4. The molecule has 5 heteroatoms. The van der Waals surface area contributed by atoms with E-state index in [1.54, 1.807) is 19.1 Å². The van der Waals surface area contributed by atoms with Crippen molar-refractivity contribution in [3.05, 3.63) is 35.6 Å². The molecule has 108 valence electrons. The maximum atomic E-state index is 12.9. The monoisotopic (exact) mass is 279 g/mol. The Balaban J connectivity index is 2.28. The second kappa shape index (κ2) is 6.13. The number of piperidine rings is 1. The summed E-state index contributed by atoms with van der Waals surface area (Å²) in [6, 6.07) is 5.87. The molecule has 1 saturated heterocycles. The van der Waals surface area contributed by atoms with Crippen LogP contribution in [-0.4, -0.2) is 31.4 Å². The summed E-state index contributed by atoms with van der Waals surface area (Å²) >= 11 is 0. The van der Waals surface area contributed by atoms with Crippen LogP contribution in [0.5, 0.6) is 0 Å². The van der Waals surface area contributed by atoms with Gasteiger partial charge in [-0.25, -0.2) is 4.39 Å². The molecule has 1 aliphatic rings. The summed E-state index contributed by atoms with van der Waals surface area (Å²) in [7, 11) is 0. The molecule has 1 heterocycles. The molecule has 1 aromatic rings. The molecule has 0 saturated carbocycles. The first-order valence-corrected chi connectivity index (χ1v) is 6.74. The zero-order valence-electron chi connectivity index (χ0n) is 11.4. The van der Waals surface area contributed by atoms with Crippen LogP contribution in [0.3, 0.4) is 0 Å². The van der Waals surface area contributed by atoms with Crippen LogP contribution in [0.25, 0.3) is 0 Å². The maximum Gasteiger partial charge on any atom is 0.320 e. The molecule has 1 N–H and O–H groups in total. The number of esters is 1. The molecule has 1 aromatic carbocycles. The Morgan fingerprint density at radius 2 is 2.10 bits per heavy atom. The van der Waals surface area contributed by atoms with E-state index in [4.69, 9.17) is 4.74 Å². The summed E-state index contributed by atoms with van der Waals surface area (Å²) in [6.07, 6.45) is 0.661. The third-order valence-corrected chi connectivity index (χ3v) is 3.63. The van der Waals surface area contributed by atoms with Crippen LogP contribution in [0.2, 0.25) is 0 Å². The lowest BCUT2D eigenvalue weighted by molar-refractivity contribution is -0.161. The van der Waals surface area contributed by atoms with Crippen LogP contribution in [0, 0.1) is 11.2 Å². The molecule has 0 aliphatic carbocycles. The van der Waals surface area contributed by atoms with Crippen molar-refractivity contribution >= 4 is 11.8 Å². The van der Waals surface area contributed by atoms with Gasteiger partial charge in [0.1, 0.15) is 11.2 Å². The number of halogens is 1. The molecule has 0 spiro atoms. The van der Waals surface area contributed by atoms with Gasteiger partial charge in [-0.2, -0.15) is 0 Å². The first kappa shape index (κ1) is 14.7. The third-order valence-electron chi connectivity index (χ3n) is 3.63. The van der Waals surface area contributed by atoms with Gasteiger partial charge >= 0.3 is 5.97 Å². The number of carbonyl (C=O) groups is 2. The summed E-state index contributed by atoms with van der Waals surface area (Å²) in [5, 5.41) is 2.96. The minimum atomic E-state index is -1.14. The van der Waals surface area contributed by atoms with E-state index in [0.29, 0.717) is 13.0 Å². The number of benzene rings is 1.